The second-order valence-corrected chi connectivity index (χ2v) is 9.09. The minimum absolute atomic E-state index is 0.172. The lowest BCUT2D eigenvalue weighted by atomic mass is 9.77. The molecular formula is C21H31N7O. The molecule has 0 spiro atoms. The number of likely N-dealkylation sites (tertiary alicyclic amines) is 1. The van der Waals surface area contributed by atoms with Gasteiger partial charge in [0.1, 0.15) is 0 Å². The number of fused-ring (bicyclic) bond motifs is 1. The Labute approximate surface area is 171 Å². The van der Waals surface area contributed by atoms with Crippen LogP contribution < -0.4 is 0 Å². The molecule has 3 aliphatic rings. The Balaban J connectivity index is 1.19. The van der Waals surface area contributed by atoms with E-state index in [0.29, 0.717) is 23.7 Å². The van der Waals surface area contributed by atoms with Gasteiger partial charge in [-0.2, -0.15) is 5.21 Å². The van der Waals surface area contributed by atoms with Crippen LogP contribution in [0.1, 0.15) is 18.4 Å². The third-order valence-electron chi connectivity index (χ3n) is 7.16. The largest absolute Gasteiger partial charge is 0.391 e. The highest BCUT2D eigenvalue weighted by molar-refractivity contribution is 5.54. The molecule has 0 amide bonds. The fourth-order valence-corrected chi connectivity index (χ4v) is 5.48. The molecule has 1 aromatic heterocycles. The Hall–Kier alpha value is -1.87. The molecule has 1 aliphatic carbocycles. The van der Waals surface area contributed by atoms with E-state index in [1.807, 2.05) is 0 Å². The van der Waals surface area contributed by atoms with Gasteiger partial charge in [0.15, 0.2) is 0 Å². The molecule has 2 aliphatic heterocycles. The molecule has 8 nitrogen and oxygen atoms in total. The van der Waals surface area contributed by atoms with Gasteiger partial charge in [-0.1, -0.05) is 24.3 Å². The van der Waals surface area contributed by atoms with E-state index < -0.39 is 0 Å². The first-order valence-electron chi connectivity index (χ1n) is 10.8. The fourth-order valence-electron chi connectivity index (χ4n) is 5.48. The van der Waals surface area contributed by atoms with E-state index in [9.17, 15) is 5.11 Å². The number of hydrogen-bond donors (Lipinski definition) is 2. The predicted octanol–water partition coefficient (Wildman–Crippen LogP) is 0.685. The smallest absolute Gasteiger partial charge is 0.204 e. The first-order chi connectivity index (χ1) is 14.2. The van der Waals surface area contributed by atoms with Gasteiger partial charge < -0.3 is 10.0 Å². The van der Waals surface area contributed by atoms with Crippen LogP contribution in [-0.4, -0.2) is 98.9 Å². The predicted molar refractivity (Wildman–Crippen MR) is 110 cm³/mol. The number of aliphatic hydroxyl groups is 1. The van der Waals surface area contributed by atoms with E-state index in [-0.39, 0.29) is 6.10 Å². The summed E-state index contributed by atoms with van der Waals surface area (Å²) >= 11 is 0. The molecule has 0 unspecified atom stereocenters. The lowest BCUT2D eigenvalue weighted by Gasteiger charge is -2.44. The van der Waals surface area contributed by atoms with Gasteiger partial charge in [-0.3, -0.25) is 9.80 Å². The van der Waals surface area contributed by atoms with Crippen molar-refractivity contribution in [1.82, 2.24) is 35.3 Å². The molecule has 29 heavy (non-hydrogen) atoms. The van der Waals surface area contributed by atoms with Crippen LogP contribution in [0.4, 0.5) is 0 Å². The quantitative estimate of drug-likeness (QED) is 0.785. The Morgan fingerprint density at radius 3 is 2.45 bits per heavy atom. The Morgan fingerprint density at radius 1 is 1.03 bits per heavy atom. The minimum Gasteiger partial charge on any atom is -0.391 e. The number of benzene rings is 1. The number of aromatic nitrogens is 4. The number of piperazine rings is 1. The minimum atomic E-state index is -0.172. The van der Waals surface area contributed by atoms with Crippen LogP contribution >= 0.6 is 0 Å². The first kappa shape index (κ1) is 19.1. The van der Waals surface area contributed by atoms with Gasteiger partial charge in [0.05, 0.1) is 6.10 Å². The number of aromatic amines is 1. The van der Waals surface area contributed by atoms with Gasteiger partial charge >= 0.3 is 0 Å². The number of likely N-dealkylation sites (N-methyl/N-ethyl adjacent to an activating group) is 1. The molecule has 0 bridgehead atoms. The van der Waals surface area contributed by atoms with E-state index in [1.54, 1.807) is 0 Å². The maximum Gasteiger partial charge on any atom is 0.204 e. The molecule has 156 valence electrons. The molecule has 1 saturated carbocycles. The third-order valence-corrected chi connectivity index (χ3v) is 7.16. The summed E-state index contributed by atoms with van der Waals surface area (Å²) in [6.45, 7) is 7.62. The highest BCUT2D eigenvalue weighted by Crippen LogP contribution is 2.39. The molecule has 8 heteroatoms. The standard InChI is InChI=1S/C21H31N7O/c1-26-6-8-28(9-7-26)19-10-17-13-27(14-18(17)11-20(19)29)12-15-2-4-16(5-3-15)21-22-24-25-23-21/h2-5,17-20,29H,6-14H2,1H3,(H,22,23,24,25)/t17-,18+,19-,20-/m1/s1. The van der Waals surface area contributed by atoms with Crippen LogP contribution in [0.15, 0.2) is 24.3 Å². The van der Waals surface area contributed by atoms with Crippen LogP contribution in [0.2, 0.25) is 0 Å². The van der Waals surface area contributed by atoms with Crippen molar-refractivity contribution in [3.8, 4) is 11.4 Å². The zero-order valence-corrected chi connectivity index (χ0v) is 17.1. The Morgan fingerprint density at radius 2 is 1.76 bits per heavy atom. The van der Waals surface area contributed by atoms with Gasteiger partial charge in [0, 0.05) is 57.4 Å². The van der Waals surface area contributed by atoms with E-state index in [0.717, 1.165) is 64.2 Å². The molecule has 4 atom stereocenters. The summed E-state index contributed by atoms with van der Waals surface area (Å²) in [7, 11) is 2.19. The monoisotopic (exact) mass is 397 g/mol. The fraction of sp³-hybridized carbons (Fsp3) is 0.667. The molecular weight excluding hydrogens is 366 g/mol. The molecule has 3 fully saturated rings. The normalized spacial score (nSPS) is 31.8. The third kappa shape index (κ3) is 4.07. The van der Waals surface area contributed by atoms with Gasteiger partial charge in [0.25, 0.3) is 0 Å². The Kier molecular flexibility index (Phi) is 5.34. The number of nitrogens with zero attached hydrogens (tertiary/aromatic N) is 6. The topological polar surface area (TPSA) is 84.4 Å². The Bertz CT molecular complexity index is 788. The summed E-state index contributed by atoms with van der Waals surface area (Å²) < 4.78 is 0. The highest BCUT2D eigenvalue weighted by Gasteiger charge is 2.43. The highest BCUT2D eigenvalue weighted by atomic mass is 16.3. The van der Waals surface area contributed by atoms with Crippen molar-refractivity contribution in [1.29, 1.82) is 0 Å². The van der Waals surface area contributed by atoms with Crippen molar-refractivity contribution in [3.63, 3.8) is 0 Å². The summed E-state index contributed by atoms with van der Waals surface area (Å²) in [6, 6.07) is 8.80. The number of hydrogen-bond acceptors (Lipinski definition) is 7. The lowest BCUT2D eigenvalue weighted by molar-refractivity contribution is -0.0249. The first-order valence-corrected chi connectivity index (χ1v) is 10.8. The second-order valence-electron chi connectivity index (χ2n) is 9.09. The van der Waals surface area contributed by atoms with Crippen LogP contribution in [0.3, 0.4) is 0 Å². The van der Waals surface area contributed by atoms with Crippen molar-refractivity contribution in [3.05, 3.63) is 29.8 Å². The molecule has 2 saturated heterocycles. The van der Waals surface area contributed by atoms with E-state index >= 15 is 0 Å². The number of aliphatic hydroxyl groups excluding tert-OH is 1. The maximum atomic E-state index is 10.8. The van der Waals surface area contributed by atoms with Crippen molar-refractivity contribution in [2.45, 2.75) is 31.5 Å². The van der Waals surface area contributed by atoms with Crippen molar-refractivity contribution in [2.75, 3.05) is 46.3 Å². The summed E-state index contributed by atoms with van der Waals surface area (Å²) in [5, 5.41) is 25.0. The van der Waals surface area contributed by atoms with Crippen LogP contribution in [0.5, 0.6) is 0 Å². The molecule has 2 N–H and O–H groups in total. The van der Waals surface area contributed by atoms with Gasteiger partial charge in [-0.05, 0) is 42.5 Å². The summed E-state index contributed by atoms with van der Waals surface area (Å²) in [4.78, 5) is 7.49. The zero-order valence-electron chi connectivity index (χ0n) is 17.1. The van der Waals surface area contributed by atoms with Gasteiger partial charge in [0.2, 0.25) is 5.82 Å². The molecule has 1 aromatic carbocycles. The van der Waals surface area contributed by atoms with Crippen LogP contribution in [0, 0.1) is 11.8 Å². The SMILES string of the molecule is CN1CCN([C@@H]2C[C@@H]3CN(Cc4ccc(-c5nn[nH]n5)cc4)C[C@@H]3C[C@H]2O)CC1. The number of H-pyrrole nitrogens is 1. The van der Waals surface area contributed by atoms with E-state index in [1.165, 1.54) is 5.56 Å². The lowest BCUT2D eigenvalue weighted by Crippen LogP contribution is -2.55. The van der Waals surface area contributed by atoms with Gasteiger partial charge in [-0.15, -0.1) is 10.2 Å². The number of tetrazole rings is 1. The average Bonchev–Trinajstić information content (AvgIpc) is 3.38. The van der Waals surface area contributed by atoms with Crippen LogP contribution in [-0.2, 0) is 6.54 Å². The van der Waals surface area contributed by atoms with Crippen molar-refractivity contribution in [2.24, 2.45) is 11.8 Å². The molecule has 2 aromatic rings. The molecule has 3 heterocycles. The average molecular weight is 398 g/mol. The van der Waals surface area contributed by atoms with Gasteiger partial charge in [-0.25, -0.2) is 0 Å². The molecule has 5 rings (SSSR count). The zero-order chi connectivity index (χ0) is 19.8. The van der Waals surface area contributed by atoms with E-state index in [4.69, 9.17) is 0 Å². The second kappa shape index (κ2) is 8.10. The van der Waals surface area contributed by atoms with Crippen LogP contribution in [0.25, 0.3) is 11.4 Å². The van der Waals surface area contributed by atoms with Crippen molar-refractivity contribution < 1.29 is 5.11 Å². The summed E-state index contributed by atoms with van der Waals surface area (Å²) in [5.41, 5.74) is 2.29. The molecule has 0 radical (unpaired) electrons. The summed E-state index contributed by atoms with van der Waals surface area (Å²) in [6.07, 6.45) is 1.92. The number of nitrogens with one attached hydrogen (secondary N) is 1. The van der Waals surface area contributed by atoms with E-state index in [2.05, 4.69) is 66.6 Å². The summed E-state index contributed by atoms with van der Waals surface area (Å²) in [5.74, 6) is 1.97. The number of rotatable bonds is 4. The van der Waals surface area contributed by atoms with Crippen molar-refractivity contribution >= 4 is 0 Å². The maximum absolute atomic E-state index is 10.8.